The molecule has 0 aromatic rings. The third-order valence-corrected chi connectivity index (χ3v) is 10.3. The number of rotatable bonds is 6. The molecule has 2 N–H and O–H groups in total. The molecule has 29 heavy (non-hydrogen) atoms. The predicted octanol–water partition coefficient (Wildman–Crippen LogP) is 6.65. The molecule has 0 aromatic carbocycles. The highest BCUT2D eigenvalue weighted by molar-refractivity contribution is 5.25. The third kappa shape index (κ3) is 3.86. The SMILES string of the molecule is CCCC(C)(O)CCCC1CCC2C3CC=C4CC(O)CCC4(C)C3CCC12C. The Hall–Kier alpha value is -0.340. The van der Waals surface area contributed by atoms with Crippen molar-refractivity contribution in [1.29, 1.82) is 0 Å². The van der Waals surface area contributed by atoms with Crippen molar-refractivity contribution >= 4 is 0 Å². The molecule has 0 saturated heterocycles. The second-order valence-corrected chi connectivity index (χ2v) is 12.1. The summed E-state index contributed by atoms with van der Waals surface area (Å²) in [7, 11) is 0. The standard InChI is InChI=1S/C27H46O2/c1-5-14-25(2,29)15-6-7-19-9-11-23-22-10-8-20-18-21(28)12-16-27(20,4)24(22)13-17-26(19,23)3/h8,19,21-24,28-29H,5-7,9-18H2,1-4H3. The van der Waals surface area contributed by atoms with Crippen LogP contribution in [0.4, 0.5) is 0 Å². The molecule has 4 aliphatic rings. The van der Waals surface area contributed by atoms with Crippen molar-refractivity contribution in [2.24, 2.45) is 34.5 Å². The maximum atomic E-state index is 10.6. The average Bonchev–Trinajstić information content (AvgIpc) is 2.99. The molecule has 0 spiro atoms. The lowest BCUT2D eigenvalue weighted by molar-refractivity contribution is -0.0517. The molecule has 3 saturated carbocycles. The first-order valence-corrected chi connectivity index (χ1v) is 12.8. The minimum absolute atomic E-state index is 0.0967. The van der Waals surface area contributed by atoms with E-state index in [-0.39, 0.29) is 6.10 Å². The topological polar surface area (TPSA) is 40.5 Å². The van der Waals surface area contributed by atoms with E-state index in [1.807, 2.05) is 6.92 Å². The molecular formula is C27H46O2. The molecule has 0 aliphatic heterocycles. The molecule has 0 bridgehead atoms. The summed E-state index contributed by atoms with van der Waals surface area (Å²) in [5.74, 6) is 3.46. The Morgan fingerprint density at radius 3 is 2.62 bits per heavy atom. The number of hydrogen-bond acceptors (Lipinski definition) is 2. The van der Waals surface area contributed by atoms with Crippen LogP contribution in [0.2, 0.25) is 0 Å². The van der Waals surface area contributed by atoms with Gasteiger partial charge in [-0.15, -0.1) is 0 Å². The summed E-state index contributed by atoms with van der Waals surface area (Å²) >= 11 is 0. The Balaban J connectivity index is 1.43. The van der Waals surface area contributed by atoms with Crippen LogP contribution in [0, 0.1) is 34.5 Å². The third-order valence-electron chi connectivity index (χ3n) is 10.3. The fraction of sp³-hybridized carbons (Fsp3) is 0.926. The summed E-state index contributed by atoms with van der Waals surface area (Å²) in [4.78, 5) is 0. The van der Waals surface area contributed by atoms with Crippen LogP contribution in [0.3, 0.4) is 0 Å². The van der Waals surface area contributed by atoms with Gasteiger partial charge in [-0.3, -0.25) is 0 Å². The van der Waals surface area contributed by atoms with Crippen molar-refractivity contribution < 1.29 is 10.2 Å². The highest BCUT2D eigenvalue weighted by Gasteiger charge is 2.58. The van der Waals surface area contributed by atoms with E-state index in [0.29, 0.717) is 10.8 Å². The lowest BCUT2D eigenvalue weighted by Crippen LogP contribution is -2.50. The lowest BCUT2D eigenvalue weighted by atomic mass is 9.47. The van der Waals surface area contributed by atoms with E-state index in [4.69, 9.17) is 0 Å². The molecule has 0 heterocycles. The zero-order chi connectivity index (χ0) is 20.9. The summed E-state index contributed by atoms with van der Waals surface area (Å²) in [5.41, 5.74) is 2.01. The van der Waals surface area contributed by atoms with Crippen molar-refractivity contribution in [1.82, 2.24) is 0 Å². The van der Waals surface area contributed by atoms with E-state index in [1.165, 1.54) is 51.4 Å². The van der Waals surface area contributed by atoms with Gasteiger partial charge in [-0.05, 0) is 112 Å². The van der Waals surface area contributed by atoms with Crippen LogP contribution in [0.1, 0.15) is 111 Å². The van der Waals surface area contributed by atoms with E-state index in [1.54, 1.807) is 5.57 Å². The van der Waals surface area contributed by atoms with Crippen LogP contribution >= 0.6 is 0 Å². The fourth-order valence-electron chi connectivity index (χ4n) is 8.62. The number of hydrogen-bond donors (Lipinski definition) is 2. The number of allylic oxidation sites excluding steroid dienone is 1. The highest BCUT2D eigenvalue weighted by atomic mass is 16.3. The van der Waals surface area contributed by atoms with Gasteiger partial charge in [-0.2, -0.15) is 0 Å². The van der Waals surface area contributed by atoms with E-state index in [9.17, 15) is 10.2 Å². The summed E-state index contributed by atoms with van der Waals surface area (Å²) in [6.07, 6.45) is 18.0. The summed E-state index contributed by atoms with van der Waals surface area (Å²) in [6, 6.07) is 0. The molecule has 166 valence electrons. The van der Waals surface area contributed by atoms with E-state index >= 15 is 0 Å². The van der Waals surface area contributed by atoms with E-state index in [2.05, 4.69) is 26.8 Å². The second-order valence-electron chi connectivity index (χ2n) is 12.1. The van der Waals surface area contributed by atoms with Gasteiger partial charge < -0.3 is 10.2 Å². The van der Waals surface area contributed by atoms with Gasteiger partial charge >= 0.3 is 0 Å². The molecule has 2 heteroatoms. The molecule has 8 atom stereocenters. The van der Waals surface area contributed by atoms with Crippen LogP contribution in [-0.2, 0) is 0 Å². The molecule has 4 rings (SSSR count). The molecule has 3 fully saturated rings. The van der Waals surface area contributed by atoms with Crippen LogP contribution in [0.25, 0.3) is 0 Å². The zero-order valence-electron chi connectivity index (χ0n) is 19.6. The van der Waals surface area contributed by atoms with Crippen molar-refractivity contribution in [3.63, 3.8) is 0 Å². The molecule has 0 aromatic heterocycles. The van der Waals surface area contributed by atoms with Crippen LogP contribution in [0.15, 0.2) is 11.6 Å². The first kappa shape index (κ1) is 21.9. The first-order valence-electron chi connectivity index (χ1n) is 12.8. The number of aliphatic hydroxyl groups excluding tert-OH is 1. The number of fused-ring (bicyclic) bond motifs is 5. The summed E-state index contributed by atoms with van der Waals surface area (Å²) < 4.78 is 0. The minimum atomic E-state index is -0.462. The van der Waals surface area contributed by atoms with Gasteiger partial charge in [0.15, 0.2) is 0 Å². The Morgan fingerprint density at radius 1 is 1.07 bits per heavy atom. The summed E-state index contributed by atoms with van der Waals surface area (Å²) in [5, 5.41) is 20.8. The smallest absolute Gasteiger partial charge is 0.0619 e. The summed E-state index contributed by atoms with van der Waals surface area (Å²) in [6.45, 7) is 9.37. The van der Waals surface area contributed by atoms with Crippen molar-refractivity contribution in [2.45, 2.75) is 123 Å². The van der Waals surface area contributed by atoms with Gasteiger partial charge in [-0.1, -0.05) is 45.3 Å². The predicted molar refractivity (Wildman–Crippen MR) is 121 cm³/mol. The molecule has 0 amide bonds. The zero-order valence-corrected chi connectivity index (χ0v) is 19.6. The maximum Gasteiger partial charge on any atom is 0.0619 e. The molecule has 8 unspecified atom stereocenters. The molecule has 4 aliphatic carbocycles. The van der Waals surface area contributed by atoms with Gasteiger partial charge in [0, 0.05) is 0 Å². The first-order chi connectivity index (χ1) is 13.7. The molecule has 2 nitrogen and oxygen atoms in total. The van der Waals surface area contributed by atoms with Gasteiger partial charge in [0.05, 0.1) is 11.7 Å². The Kier molecular flexibility index (Phi) is 6.01. The minimum Gasteiger partial charge on any atom is -0.393 e. The van der Waals surface area contributed by atoms with E-state index < -0.39 is 5.60 Å². The number of aliphatic hydroxyl groups is 2. The monoisotopic (exact) mass is 402 g/mol. The van der Waals surface area contributed by atoms with Crippen LogP contribution < -0.4 is 0 Å². The van der Waals surface area contributed by atoms with Gasteiger partial charge in [0.2, 0.25) is 0 Å². The van der Waals surface area contributed by atoms with Crippen molar-refractivity contribution in [3.8, 4) is 0 Å². The molecule has 0 radical (unpaired) electrons. The quantitative estimate of drug-likeness (QED) is 0.488. The largest absolute Gasteiger partial charge is 0.393 e. The van der Waals surface area contributed by atoms with Crippen LogP contribution in [0.5, 0.6) is 0 Å². The highest BCUT2D eigenvalue weighted by Crippen LogP contribution is 2.66. The Morgan fingerprint density at radius 2 is 1.86 bits per heavy atom. The van der Waals surface area contributed by atoms with Gasteiger partial charge in [-0.25, -0.2) is 0 Å². The Bertz CT molecular complexity index is 622. The van der Waals surface area contributed by atoms with Gasteiger partial charge in [0.1, 0.15) is 0 Å². The Labute approximate surface area is 179 Å². The second kappa shape index (κ2) is 7.97. The lowest BCUT2D eigenvalue weighted by Gasteiger charge is -2.58. The van der Waals surface area contributed by atoms with Crippen molar-refractivity contribution in [2.75, 3.05) is 0 Å². The normalized spacial score (nSPS) is 46.3. The van der Waals surface area contributed by atoms with Crippen LogP contribution in [-0.4, -0.2) is 21.9 Å². The van der Waals surface area contributed by atoms with Crippen molar-refractivity contribution in [3.05, 3.63) is 11.6 Å². The molecular weight excluding hydrogens is 356 g/mol. The fourth-order valence-corrected chi connectivity index (χ4v) is 8.62. The van der Waals surface area contributed by atoms with Gasteiger partial charge in [0.25, 0.3) is 0 Å². The average molecular weight is 403 g/mol. The maximum absolute atomic E-state index is 10.6. The van der Waals surface area contributed by atoms with E-state index in [0.717, 1.165) is 55.8 Å².